The molecule has 0 atom stereocenters. The second-order valence-electron chi connectivity index (χ2n) is 9.96. The molecule has 13 heteroatoms. The van der Waals surface area contributed by atoms with E-state index in [4.69, 9.17) is 18.9 Å². The first kappa shape index (κ1) is 34.3. The highest BCUT2D eigenvalue weighted by atomic mass is 32.2. The molecule has 2 N–H and O–H groups in total. The van der Waals surface area contributed by atoms with Crippen molar-refractivity contribution in [1.82, 2.24) is 10.7 Å². The number of nitrogens with one attached hydrogen (secondary N) is 2. The molecule has 12 nitrogen and oxygen atoms in total. The van der Waals surface area contributed by atoms with Crippen molar-refractivity contribution in [3.05, 3.63) is 108 Å². The predicted octanol–water partition coefficient (Wildman–Crippen LogP) is 3.80. The normalized spacial score (nSPS) is 11.0. The lowest BCUT2D eigenvalue weighted by molar-refractivity contribution is -0.123. The Morgan fingerprint density at radius 1 is 0.787 bits per heavy atom. The molecule has 0 spiro atoms. The number of hydrazone groups is 1. The third-order valence-electron chi connectivity index (χ3n) is 6.82. The zero-order valence-corrected chi connectivity index (χ0v) is 27.0. The molecule has 4 aromatic carbocycles. The number of hydrogen-bond acceptors (Lipinski definition) is 9. The van der Waals surface area contributed by atoms with E-state index >= 15 is 0 Å². The molecule has 4 aromatic rings. The smallest absolute Gasteiger partial charge is 0.264 e. The van der Waals surface area contributed by atoms with E-state index in [1.807, 2.05) is 30.3 Å². The second kappa shape index (κ2) is 16.7. The highest BCUT2D eigenvalue weighted by molar-refractivity contribution is 7.92. The Balaban J connectivity index is 1.35. The summed E-state index contributed by atoms with van der Waals surface area (Å²) in [6, 6.07) is 27.0. The van der Waals surface area contributed by atoms with Crippen molar-refractivity contribution in [2.24, 2.45) is 5.10 Å². The maximum Gasteiger partial charge on any atom is 0.264 e. The Bertz CT molecular complexity index is 1760. The molecule has 0 saturated carbocycles. The minimum Gasteiger partial charge on any atom is -0.497 e. The fourth-order valence-corrected chi connectivity index (χ4v) is 5.79. The van der Waals surface area contributed by atoms with Crippen LogP contribution in [0.3, 0.4) is 0 Å². The van der Waals surface area contributed by atoms with E-state index in [9.17, 15) is 18.0 Å². The Labute approximate surface area is 274 Å². The fraction of sp³-hybridized carbons (Fsp3) is 0.206. The van der Waals surface area contributed by atoms with Crippen LogP contribution in [0.5, 0.6) is 23.0 Å². The van der Waals surface area contributed by atoms with Crippen molar-refractivity contribution in [2.45, 2.75) is 11.3 Å². The maximum absolute atomic E-state index is 13.8. The number of nitrogens with zero attached hydrogens (tertiary/aromatic N) is 2. The van der Waals surface area contributed by atoms with Gasteiger partial charge in [-0.2, -0.15) is 5.10 Å². The fourth-order valence-electron chi connectivity index (χ4n) is 4.35. The van der Waals surface area contributed by atoms with E-state index in [0.29, 0.717) is 29.4 Å². The molecule has 0 unspecified atom stereocenters. The van der Waals surface area contributed by atoms with E-state index in [2.05, 4.69) is 15.8 Å². The zero-order chi connectivity index (χ0) is 33.6. The van der Waals surface area contributed by atoms with E-state index < -0.39 is 22.5 Å². The molecule has 0 fully saturated rings. The van der Waals surface area contributed by atoms with Gasteiger partial charge in [-0.3, -0.25) is 13.9 Å². The lowest BCUT2D eigenvalue weighted by Gasteiger charge is -2.24. The van der Waals surface area contributed by atoms with Gasteiger partial charge in [-0.25, -0.2) is 13.8 Å². The van der Waals surface area contributed by atoms with E-state index in [0.717, 1.165) is 16.3 Å². The Morgan fingerprint density at radius 3 is 2.13 bits per heavy atom. The summed E-state index contributed by atoms with van der Waals surface area (Å²) >= 11 is 0. The van der Waals surface area contributed by atoms with Crippen molar-refractivity contribution in [3.8, 4) is 23.0 Å². The molecule has 0 aliphatic rings. The van der Waals surface area contributed by atoms with Crippen LogP contribution >= 0.6 is 0 Å². The van der Waals surface area contributed by atoms with Gasteiger partial charge in [0.15, 0.2) is 18.1 Å². The lowest BCUT2D eigenvalue weighted by atomic mass is 10.1. The first-order valence-electron chi connectivity index (χ1n) is 14.5. The summed E-state index contributed by atoms with van der Waals surface area (Å²) in [7, 11) is 0.0978. The van der Waals surface area contributed by atoms with E-state index in [1.165, 1.54) is 57.9 Å². The number of sulfonamides is 1. The lowest BCUT2D eigenvalue weighted by Crippen LogP contribution is -2.39. The van der Waals surface area contributed by atoms with Crippen molar-refractivity contribution >= 4 is 33.7 Å². The molecular weight excluding hydrogens is 624 g/mol. The average molecular weight is 661 g/mol. The first-order valence-corrected chi connectivity index (χ1v) is 15.9. The van der Waals surface area contributed by atoms with Crippen LogP contribution in [0.25, 0.3) is 0 Å². The number of carbonyl (C=O) groups is 2. The number of anilines is 1. The second-order valence-corrected chi connectivity index (χ2v) is 11.8. The molecule has 0 aliphatic carbocycles. The number of rotatable bonds is 16. The van der Waals surface area contributed by atoms with Gasteiger partial charge in [0.05, 0.1) is 38.1 Å². The van der Waals surface area contributed by atoms with Gasteiger partial charge in [-0.05, 0) is 78.2 Å². The molecule has 246 valence electrons. The van der Waals surface area contributed by atoms with E-state index in [-0.39, 0.29) is 28.8 Å². The zero-order valence-electron chi connectivity index (χ0n) is 26.2. The Kier molecular flexibility index (Phi) is 12.2. The summed E-state index contributed by atoms with van der Waals surface area (Å²) in [5.74, 6) is 0.667. The van der Waals surface area contributed by atoms with Crippen molar-refractivity contribution in [2.75, 3.05) is 45.3 Å². The predicted molar refractivity (Wildman–Crippen MR) is 178 cm³/mol. The van der Waals surface area contributed by atoms with Gasteiger partial charge < -0.3 is 24.3 Å². The summed E-state index contributed by atoms with van der Waals surface area (Å²) in [6.07, 6.45) is 2.13. The first-order chi connectivity index (χ1) is 22.7. The quantitative estimate of drug-likeness (QED) is 0.136. The largest absolute Gasteiger partial charge is 0.497 e. The highest BCUT2D eigenvalue weighted by Crippen LogP contribution is 2.32. The van der Waals surface area contributed by atoms with Gasteiger partial charge in [-0.15, -0.1) is 0 Å². The molecule has 4 rings (SSSR count). The number of carbonyl (C=O) groups excluding carboxylic acids is 2. The minimum absolute atomic E-state index is 0.103. The molecule has 0 bridgehead atoms. The van der Waals surface area contributed by atoms with Crippen LogP contribution in [0.4, 0.5) is 5.69 Å². The average Bonchev–Trinajstić information content (AvgIpc) is 3.10. The van der Waals surface area contributed by atoms with Crippen LogP contribution in [0.2, 0.25) is 0 Å². The molecular formula is C34H36N4O8S. The van der Waals surface area contributed by atoms with Crippen LogP contribution in [0.1, 0.15) is 11.1 Å². The van der Waals surface area contributed by atoms with Crippen molar-refractivity contribution in [3.63, 3.8) is 0 Å². The third-order valence-corrected chi connectivity index (χ3v) is 8.59. The van der Waals surface area contributed by atoms with Crippen LogP contribution in [0.15, 0.2) is 107 Å². The van der Waals surface area contributed by atoms with Crippen LogP contribution < -0.4 is 34.0 Å². The number of ether oxygens (including phenoxy) is 4. The topological polar surface area (TPSA) is 145 Å². The van der Waals surface area contributed by atoms with Crippen LogP contribution in [-0.2, 0) is 26.0 Å². The van der Waals surface area contributed by atoms with Crippen LogP contribution in [0, 0.1) is 0 Å². The van der Waals surface area contributed by atoms with Gasteiger partial charge >= 0.3 is 0 Å². The highest BCUT2D eigenvalue weighted by Gasteiger charge is 2.28. The van der Waals surface area contributed by atoms with Crippen LogP contribution in [-0.4, -0.2) is 67.5 Å². The molecule has 0 heterocycles. The third kappa shape index (κ3) is 9.71. The maximum atomic E-state index is 13.8. The van der Waals surface area contributed by atoms with Crippen molar-refractivity contribution in [1.29, 1.82) is 0 Å². The number of benzene rings is 4. The standard InChI is InChI=1S/C34H36N4O8S/c1-43-28-15-11-27(12-16-28)38(47(41,42)30-17-18-31(44-2)32(21-30)45-3)23-33(39)37-36-22-26-9-13-29(14-10-26)46-24-34(40)35-20-19-25-7-5-4-6-8-25/h4-18,21-22H,19-20,23-24H2,1-3H3,(H,35,40)(H,37,39)/b36-22+. The van der Waals surface area contributed by atoms with Gasteiger partial charge in [0.2, 0.25) is 0 Å². The number of hydrogen-bond donors (Lipinski definition) is 2. The van der Waals surface area contributed by atoms with Crippen molar-refractivity contribution < 1.29 is 37.0 Å². The molecule has 2 amide bonds. The minimum atomic E-state index is -4.24. The summed E-state index contributed by atoms with van der Waals surface area (Å²) in [5.41, 5.74) is 4.38. The molecule has 0 aromatic heterocycles. The van der Waals surface area contributed by atoms with Gasteiger partial charge in [0.1, 0.15) is 18.0 Å². The van der Waals surface area contributed by atoms with E-state index in [1.54, 1.807) is 36.4 Å². The van der Waals surface area contributed by atoms with Gasteiger partial charge in [0, 0.05) is 12.6 Å². The number of amides is 2. The number of methoxy groups -OCH3 is 3. The Hall–Kier alpha value is -5.56. The molecule has 47 heavy (non-hydrogen) atoms. The summed E-state index contributed by atoms with van der Waals surface area (Å²) in [5, 5.41) is 6.80. The monoisotopic (exact) mass is 660 g/mol. The summed E-state index contributed by atoms with van der Waals surface area (Å²) < 4.78 is 49.7. The molecule has 0 radical (unpaired) electrons. The molecule has 0 aliphatic heterocycles. The van der Waals surface area contributed by atoms with Gasteiger partial charge in [-0.1, -0.05) is 30.3 Å². The summed E-state index contributed by atoms with van der Waals surface area (Å²) in [4.78, 5) is 25.0. The molecule has 0 saturated heterocycles. The SMILES string of the molecule is COc1ccc(N(CC(=O)N/N=C/c2ccc(OCC(=O)NCCc3ccccc3)cc2)S(=O)(=O)c2ccc(OC)c(OC)c2)cc1. The Morgan fingerprint density at radius 2 is 1.47 bits per heavy atom. The summed E-state index contributed by atoms with van der Waals surface area (Å²) in [6.45, 7) is -0.191. The van der Waals surface area contributed by atoms with Gasteiger partial charge in [0.25, 0.3) is 21.8 Å².